The second kappa shape index (κ2) is 6.91. The van der Waals surface area contributed by atoms with E-state index in [0.29, 0.717) is 13.0 Å². The molecule has 0 radical (unpaired) electrons. The van der Waals surface area contributed by atoms with Crippen LogP contribution in [0.25, 0.3) is 0 Å². The summed E-state index contributed by atoms with van der Waals surface area (Å²) in [6.07, 6.45) is -0.315. The largest absolute Gasteiger partial charge is 0.467 e. The maximum atomic E-state index is 12.7. The molecule has 7 heteroatoms. The van der Waals surface area contributed by atoms with Crippen LogP contribution in [0.5, 0.6) is 0 Å². The molecule has 0 aliphatic carbocycles. The Bertz CT molecular complexity index is 521. The van der Waals surface area contributed by atoms with Crippen molar-refractivity contribution in [3.8, 4) is 0 Å². The van der Waals surface area contributed by atoms with Crippen molar-refractivity contribution < 1.29 is 23.5 Å². The van der Waals surface area contributed by atoms with E-state index < -0.39 is 31.5 Å². The highest BCUT2D eigenvalue weighted by Gasteiger charge is 2.54. The lowest BCUT2D eigenvalue weighted by atomic mass is 9.98. The predicted octanol–water partition coefficient (Wildman–Crippen LogP) is 3.95. The Kier molecular flexibility index (Phi) is 6.07. The monoisotopic (exact) mass is 373 g/mol. The van der Waals surface area contributed by atoms with Gasteiger partial charge in [-0.2, -0.15) is 0 Å². The van der Waals surface area contributed by atoms with E-state index >= 15 is 0 Å². The number of hydrogen-bond acceptors (Lipinski definition) is 5. The average Bonchev–Trinajstić information content (AvgIpc) is 2.72. The lowest BCUT2D eigenvalue weighted by Crippen LogP contribution is -2.52. The number of carbonyl (C=O) groups excluding carboxylic acids is 2. The molecule has 1 aliphatic heterocycles. The minimum Gasteiger partial charge on any atom is -0.467 e. The van der Waals surface area contributed by atoms with E-state index in [1.54, 1.807) is 27.7 Å². The number of nitrogens with zero attached hydrogens (tertiary/aromatic N) is 1. The molecule has 25 heavy (non-hydrogen) atoms. The van der Waals surface area contributed by atoms with Crippen LogP contribution in [-0.4, -0.2) is 56.2 Å². The van der Waals surface area contributed by atoms with Crippen LogP contribution in [0, 0.1) is 0 Å². The van der Waals surface area contributed by atoms with Crippen molar-refractivity contribution in [2.45, 2.75) is 90.3 Å². The first kappa shape index (κ1) is 22.0. The topological polar surface area (TPSA) is 65.1 Å². The molecule has 0 aromatic carbocycles. The van der Waals surface area contributed by atoms with Gasteiger partial charge in [0.25, 0.3) is 0 Å². The standard InChI is InChI=1S/C18H35NO5Si/c1-16(2,3)23-15(21)19-12-13(11-18(19,7)14(20)22-8)24-25(9,10)17(4,5)6/h13H,11-12H2,1-10H3/t13-,18+/m1/s1. The van der Waals surface area contributed by atoms with E-state index in [9.17, 15) is 9.59 Å². The maximum Gasteiger partial charge on any atom is 0.411 e. The van der Waals surface area contributed by atoms with E-state index in [1.807, 2.05) is 0 Å². The van der Waals surface area contributed by atoms with Gasteiger partial charge in [0.2, 0.25) is 0 Å². The van der Waals surface area contributed by atoms with Gasteiger partial charge in [0.15, 0.2) is 8.32 Å². The molecule has 0 unspecified atom stereocenters. The summed E-state index contributed by atoms with van der Waals surface area (Å²) >= 11 is 0. The van der Waals surface area contributed by atoms with Crippen LogP contribution in [-0.2, 0) is 18.7 Å². The molecule has 0 bridgehead atoms. The quantitative estimate of drug-likeness (QED) is 0.553. The maximum absolute atomic E-state index is 12.7. The number of esters is 1. The summed E-state index contributed by atoms with van der Waals surface area (Å²) in [6, 6.07) is 0. The number of carbonyl (C=O) groups is 2. The van der Waals surface area contributed by atoms with Crippen LogP contribution in [0.2, 0.25) is 18.1 Å². The Hall–Kier alpha value is -1.08. The predicted molar refractivity (Wildman–Crippen MR) is 100 cm³/mol. The van der Waals surface area contributed by atoms with Gasteiger partial charge >= 0.3 is 12.1 Å². The van der Waals surface area contributed by atoms with Gasteiger partial charge in [-0.15, -0.1) is 0 Å². The Morgan fingerprint density at radius 3 is 2.04 bits per heavy atom. The third-order valence-electron chi connectivity index (χ3n) is 5.11. The first-order valence-electron chi connectivity index (χ1n) is 8.80. The average molecular weight is 374 g/mol. The normalized spacial score (nSPS) is 25.0. The van der Waals surface area contributed by atoms with Crippen molar-refractivity contribution in [3.63, 3.8) is 0 Å². The molecule has 1 fully saturated rings. The first-order chi connectivity index (χ1) is 11.0. The number of rotatable bonds is 3. The molecule has 2 atom stereocenters. The lowest BCUT2D eigenvalue weighted by molar-refractivity contribution is -0.152. The van der Waals surface area contributed by atoms with E-state index in [2.05, 4.69) is 33.9 Å². The van der Waals surface area contributed by atoms with Gasteiger partial charge < -0.3 is 13.9 Å². The number of likely N-dealkylation sites (tertiary alicyclic amines) is 1. The van der Waals surface area contributed by atoms with E-state index in [1.165, 1.54) is 12.0 Å². The van der Waals surface area contributed by atoms with Crippen LogP contribution in [0.1, 0.15) is 54.9 Å². The Morgan fingerprint density at radius 2 is 1.64 bits per heavy atom. The van der Waals surface area contributed by atoms with Gasteiger partial charge in [-0.3, -0.25) is 4.90 Å². The van der Waals surface area contributed by atoms with Gasteiger partial charge in [0.05, 0.1) is 19.8 Å². The fourth-order valence-electron chi connectivity index (χ4n) is 2.70. The van der Waals surface area contributed by atoms with E-state index in [4.69, 9.17) is 13.9 Å². The lowest BCUT2D eigenvalue weighted by Gasteiger charge is -2.38. The van der Waals surface area contributed by atoms with Gasteiger partial charge in [-0.05, 0) is 45.8 Å². The summed E-state index contributed by atoms with van der Waals surface area (Å²) in [5, 5.41) is 0.0496. The summed E-state index contributed by atoms with van der Waals surface area (Å²) in [7, 11) is -0.683. The fourth-order valence-corrected chi connectivity index (χ4v) is 4.05. The zero-order valence-electron chi connectivity index (χ0n) is 17.5. The molecule has 0 saturated carbocycles. The van der Waals surface area contributed by atoms with E-state index in [0.717, 1.165) is 0 Å². The highest BCUT2D eigenvalue weighted by molar-refractivity contribution is 6.74. The third-order valence-corrected chi connectivity index (χ3v) is 9.65. The van der Waals surface area contributed by atoms with Gasteiger partial charge in [-0.1, -0.05) is 20.8 Å². The van der Waals surface area contributed by atoms with Crippen molar-refractivity contribution in [1.82, 2.24) is 4.90 Å². The second-order valence-corrected chi connectivity index (χ2v) is 14.3. The summed E-state index contributed by atoms with van der Waals surface area (Å²) < 4.78 is 16.9. The SMILES string of the molecule is COC(=O)[C@]1(C)C[C@@H](O[Si](C)(C)C(C)(C)C)CN1C(=O)OC(C)(C)C. The molecule has 1 aliphatic rings. The Balaban J connectivity index is 3.07. The van der Waals surface area contributed by atoms with Crippen LogP contribution in [0.4, 0.5) is 4.79 Å². The fraction of sp³-hybridized carbons (Fsp3) is 0.889. The first-order valence-corrected chi connectivity index (χ1v) is 11.7. The van der Waals surface area contributed by atoms with Gasteiger partial charge in [0.1, 0.15) is 11.1 Å². The molecule has 1 amide bonds. The minimum absolute atomic E-state index is 0.0496. The minimum atomic E-state index is -2.02. The van der Waals surface area contributed by atoms with Crippen LogP contribution in [0.3, 0.4) is 0 Å². The summed E-state index contributed by atoms with van der Waals surface area (Å²) in [5.41, 5.74) is -1.71. The Labute approximate surface area is 153 Å². The summed E-state index contributed by atoms with van der Waals surface area (Å²) in [5.74, 6) is -0.445. The third kappa shape index (κ3) is 4.97. The molecule has 0 spiro atoms. The van der Waals surface area contributed by atoms with Crippen molar-refractivity contribution in [1.29, 1.82) is 0 Å². The van der Waals surface area contributed by atoms with E-state index in [-0.39, 0.29) is 11.1 Å². The van der Waals surface area contributed by atoms with Gasteiger partial charge in [-0.25, -0.2) is 9.59 Å². The molecule has 1 saturated heterocycles. The number of hydrogen-bond donors (Lipinski definition) is 0. The number of ether oxygens (including phenoxy) is 2. The highest BCUT2D eigenvalue weighted by atomic mass is 28.4. The molecular weight excluding hydrogens is 338 g/mol. The smallest absolute Gasteiger partial charge is 0.411 e. The molecule has 0 N–H and O–H groups in total. The van der Waals surface area contributed by atoms with Gasteiger partial charge in [0, 0.05) is 6.42 Å². The molecule has 146 valence electrons. The van der Waals surface area contributed by atoms with Crippen molar-refractivity contribution in [3.05, 3.63) is 0 Å². The second-order valence-electron chi connectivity index (χ2n) is 9.56. The van der Waals surface area contributed by atoms with Crippen LogP contribution < -0.4 is 0 Å². The van der Waals surface area contributed by atoms with Crippen LogP contribution >= 0.6 is 0 Å². The molecular formula is C18H35NO5Si. The number of methoxy groups -OCH3 is 1. The molecule has 1 rings (SSSR count). The highest BCUT2D eigenvalue weighted by Crippen LogP contribution is 2.41. The van der Waals surface area contributed by atoms with Crippen molar-refractivity contribution in [2.24, 2.45) is 0 Å². The summed E-state index contributed by atoms with van der Waals surface area (Å²) in [6.45, 7) is 18.3. The summed E-state index contributed by atoms with van der Waals surface area (Å²) in [4.78, 5) is 26.5. The Morgan fingerprint density at radius 1 is 1.12 bits per heavy atom. The van der Waals surface area contributed by atoms with Crippen molar-refractivity contribution >= 4 is 20.4 Å². The number of amides is 1. The zero-order chi connectivity index (χ0) is 19.8. The zero-order valence-corrected chi connectivity index (χ0v) is 18.5. The molecule has 0 aromatic rings. The molecule has 6 nitrogen and oxygen atoms in total. The van der Waals surface area contributed by atoms with Crippen molar-refractivity contribution in [2.75, 3.05) is 13.7 Å². The molecule has 0 aromatic heterocycles. The van der Waals surface area contributed by atoms with Crippen LogP contribution in [0.15, 0.2) is 0 Å². The molecule has 1 heterocycles.